The van der Waals surface area contributed by atoms with E-state index in [1.807, 2.05) is 0 Å². The second kappa shape index (κ2) is 4.96. The lowest BCUT2D eigenvalue weighted by molar-refractivity contribution is -0.119. The van der Waals surface area contributed by atoms with Crippen LogP contribution in [0.3, 0.4) is 0 Å². The standard InChI is InChI=1S/C10H11ClFNO/c1-7(14)13-10(6-12)8-2-4-9(11)5-3-8/h2-5,10H,6H2,1H3,(H,13,14). The summed E-state index contributed by atoms with van der Waals surface area (Å²) in [5.41, 5.74) is 0.715. The van der Waals surface area contributed by atoms with Crippen LogP contribution >= 0.6 is 11.6 Å². The number of benzene rings is 1. The maximum absolute atomic E-state index is 12.6. The maximum atomic E-state index is 12.6. The van der Waals surface area contributed by atoms with Crippen molar-refractivity contribution in [2.75, 3.05) is 6.67 Å². The molecule has 1 aromatic rings. The van der Waals surface area contributed by atoms with Gasteiger partial charge in [0.05, 0.1) is 6.04 Å². The Hall–Kier alpha value is -1.09. The van der Waals surface area contributed by atoms with E-state index in [-0.39, 0.29) is 5.91 Å². The van der Waals surface area contributed by atoms with Crippen molar-refractivity contribution in [3.05, 3.63) is 34.9 Å². The quantitative estimate of drug-likeness (QED) is 0.825. The molecule has 0 aliphatic rings. The molecule has 0 spiro atoms. The highest BCUT2D eigenvalue weighted by molar-refractivity contribution is 6.30. The van der Waals surface area contributed by atoms with Crippen molar-refractivity contribution in [2.45, 2.75) is 13.0 Å². The topological polar surface area (TPSA) is 29.1 Å². The first-order valence-corrected chi connectivity index (χ1v) is 4.60. The van der Waals surface area contributed by atoms with Gasteiger partial charge in [0.15, 0.2) is 0 Å². The van der Waals surface area contributed by atoms with E-state index in [9.17, 15) is 9.18 Å². The van der Waals surface area contributed by atoms with Gasteiger partial charge in [0, 0.05) is 11.9 Å². The minimum absolute atomic E-state index is 0.248. The number of rotatable bonds is 3. The Kier molecular flexibility index (Phi) is 3.89. The summed E-state index contributed by atoms with van der Waals surface area (Å²) in [5, 5.41) is 3.10. The van der Waals surface area contributed by atoms with Crippen LogP contribution in [0.4, 0.5) is 4.39 Å². The molecule has 0 fully saturated rings. The van der Waals surface area contributed by atoms with E-state index in [0.717, 1.165) is 0 Å². The molecule has 2 nitrogen and oxygen atoms in total. The molecule has 1 amide bonds. The molecule has 0 aliphatic carbocycles. The predicted molar refractivity (Wildman–Crippen MR) is 54.0 cm³/mol. The van der Waals surface area contributed by atoms with Crippen LogP contribution in [0.1, 0.15) is 18.5 Å². The zero-order chi connectivity index (χ0) is 10.6. The molecular weight excluding hydrogens is 205 g/mol. The van der Waals surface area contributed by atoms with Crippen LogP contribution in [0.25, 0.3) is 0 Å². The number of amides is 1. The molecule has 4 heteroatoms. The van der Waals surface area contributed by atoms with Gasteiger partial charge in [-0.25, -0.2) is 4.39 Å². The van der Waals surface area contributed by atoms with Crippen LogP contribution in [0.2, 0.25) is 5.02 Å². The lowest BCUT2D eigenvalue weighted by Gasteiger charge is -2.14. The van der Waals surface area contributed by atoms with Crippen LogP contribution in [0.15, 0.2) is 24.3 Å². The highest BCUT2D eigenvalue weighted by Gasteiger charge is 2.11. The third kappa shape index (κ3) is 3.00. The van der Waals surface area contributed by atoms with Crippen LogP contribution in [-0.2, 0) is 4.79 Å². The summed E-state index contributed by atoms with van der Waals surface area (Å²) in [5.74, 6) is -0.248. The summed E-state index contributed by atoms with van der Waals surface area (Å²) in [6, 6.07) is 6.15. The summed E-state index contributed by atoms with van der Waals surface area (Å²) >= 11 is 5.68. The lowest BCUT2D eigenvalue weighted by Crippen LogP contribution is -2.27. The van der Waals surface area contributed by atoms with E-state index in [2.05, 4.69) is 5.32 Å². The Balaban J connectivity index is 2.78. The van der Waals surface area contributed by atoms with Crippen molar-refractivity contribution >= 4 is 17.5 Å². The first-order chi connectivity index (χ1) is 6.63. The zero-order valence-electron chi connectivity index (χ0n) is 7.76. The first kappa shape index (κ1) is 11.0. The third-order valence-corrected chi connectivity index (χ3v) is 2.06. The van der Waals surface area contributed by atoms with Crippen LogP contribution < -0.4 is 5.32 Å². The fraction of sp³-hybridized carbons (Fsp3) is 0.300. The molecule has 0 saturated carbocycles. The molecular formula is C10H11ClFNO. The highest BCUT2D eigenvalue weighted by atomic mass is 35.5. The van der Waals surface area contributed by atoms with Gasteiger partial charge in [-0.1, -0.05) is 23.7 Å². The van der Waals surface area contributed by atoms with Gasteiger partial charge in [-0.05, 0) is 17.7 Å². The van der Waals surface area contributed by atoms with Crippen molar-refractivity contribution in [1.29, 1.82) is 0 Å². The smallest absolute Gasteiger partial charge is 0.217 e. The van der Waals surface area contributed by atoms with E-state index in [1.165, 1.54) is 6.92 Å². The zero-order valence-corrected chi connectivity index (χ0v) is 8.51. The van der Waals surface area contributed by atoms with Gasteiger partial charge >= 0.3 is 0 Å². The first-order valence-electron chi connectivity index (χ1n) is 4.22. The third-order valence-electron chi connectivity index (χ3n) is 1.80. The normalized spacial score (nSPS) is 12.2. The Bertz CT molecular complexity index is 312. The summed E-state index contributed by atoms with van der Waals surface area (Å²) in [7, 11) is 0. The molecule has 1 rings (SSSR count). The summed E-state index contributed by atoms with van der Waals surface area (Å²) in [6.07, 6.45) is 0. The molecule has 1 unspecified atom stereocenters. The molecule has 1 N–H and O–H groups in total. The Morgan fingerprint density at radius 1 is 1.50 bits per heavy atom. The Labute approximate surface area is 87.1 Å². The van der Waals surface area contributed by atoms with Crippen molar-refractivity contribution in [1.82, 2.24) is 5.32 Å². The molecule has 1 atom stereocenters. The van der Waals surface area contributed by atoms with Gasteiger partial charge in [0.1, 0.15) is 6.67 Å². The van der Waals surface area contributed by atoms with Crippen molar-refractivity contribution in [3.8, 4) is 0 Å². The number of halogens is 2. The minimum Gasteiger partial charge on any atom is -0.347 e. The SMILES string of the molecule is CC(=O)NC(CF)c1ccc(Cl)cc1. The van der Waals surface area contributed by atoms with Crippen LogP contribution in [0, 0.1) is 0 Å². The number of hydrogen-bond acceptors (Lipinski definition) is 1. The summed E-state index contributed by atoms with van der Waals surface area (Å²) in [6.45, 7) is 0.736. The van der Waals surface area contributed by atoms with Crippen molar-refractivity contribution in [2.24, 2.45) is 0 Å². The Morgan fingerprint density at radius 3 is 2.50 bits per heavy atom. The number of carbonyl (C=O) groups excluding carboxylic acids is 1. The molecule has 76 valence electrons. The average molecular weight is 216 g/mol. The number of nitrogens with one attached hydrogen (secondary N) is 1. The van der Waals surface area contributed by atoms with Crippen molar-refractivity contribution in [3.63, 3.8) is 0 Å². The maximum Gasteiger partial charge on any atom is 0.217 e. The van der Waals surface area contributed by atoms with Gasteiger partial charge in [-0.3, -0.25) is 4.79 Å². The predicted octanol–water partition coefficient (Wildman–Crippen LogP) is 2.49. The molecule has 0 saturated heterocycles. The highest BCUT2D eigenvalue weighted by Crippen LogP contribution is 2.16. The largest absolute Gasteiger partial charge is 0.347 e. The summed E-state index contributed by atoms with van der Waals surface area (Å²) < 4.78 is 12.6. The average Bonchev–Trinajstić information content (AvgIpc) is 2.15. The Morgan fingerprint density at radius 2 is 2.07 bits per heavy atom. The number of hydrogen-bond donors (Lipinski definition) is 1. The van der Waals surface area contributed by atoms with E-state index in [4.69, 9.17) is 11.6 Å². The van der Waals surface area contributed by atoms with Gasteiger partial charge in [0.2, 0.25) is 5.91 Å². The number of alkyl halides is 1. The minimum atomic E-state index is -0.624. The monoisotopic (exact) mass is 215 g/mol. The van der Waals surface area contributed by atoms with Crippen molar-refractivity contribution < 1.29 is 9.18 Å². The lowest BCUT2D eigenvalue weighted by atomic mass is 10.1. The van der Waals surface area contributed by atoms with E-state index >= 15 is 0 Å². The molecule has 14 heavy (non-hydrogen) atoms. The molecule has 0 radical (unpaired) electrons. The van der Waals surface area contributed by atoms with Gasteiger partial charge in [0.25, 0.3) is 0 Å². The second-order valence-corrected chi connectivity index (χ2v) is 3.40. The molecule has 0 heterocycles. The molecule has 1 aromatic carbocycles. The van der Waals surface area contributed by atoms with Gasteiger partial charge < -0.3 is 5.32 Å². The van der Waals surface area contributed by atoms with E-state index < -0.39 is 12.7 Å². The molecule has 0 aliphatic heterocycles. The molecule has 0 aromatic heterocycles. The van der Waals surface area contributed by atoms with E-state index in [1.54, 1.807) is 24.3 Å². The van der Waals surface area contributed by atoms with E-state index in [0.29, 0.717) is 10.6 Å². The van der Waals surface area contributed by atoms with Gasteiger partial charge in [-0.15, -0.1) is 0 Å². The molecule has 0 bridgehead atoms. The second-order valence-electron chi connectivity index (χ2n) is 2.96. The van der Waals surface area contributed by atoms with Crippen LogP contribution in [-0.4, -0.2) is 12.6 Å². The summed E-state index contributed by atoms with van der Waals surface area (Å²) in [4.78, 5) is 10.7. The van der Waals surface area contributed by atoms with Gasteiger partial charge in [-0.2, -0.15) is 0 Å². The number of carbonyl (C=O) groups is 1. The fourth-order valence-electron chi connectivity index (χ4n) is 1.15. The fourth-order valence-corrected chi connectivity index (χ4v) is 1.28. The van der Waals surface area contributed by atoms with Crippen LogP contribution in [0.5, 0.6) is 0 Å².